The number of aliphatic hydroxyl groups is 1. The van der Waals surface area contributed by atoms with Crippen molar-refractivity contribution in [2.24, 2.45) is 0 Å². The van der Waals surface area contributed by atoms with Gasteiger partial charge in [0.05, 0.1) is 0 Å². The van der Waals surface area contributed by atoms with Crippen LogP contribution < -0.4 is 0 Å². The van der Waals surface area contributed by atoms with Crippen molar-refractivity contribution in [3.8, 4) is 11.1 Å². The first-order valence-electron chi connectivity index (χ1n) is 5.76. The minimum Gasteiger partial charge on any atom is -0.396 e. The van der Waals surface area contributed by atoms with Crippen LogP contribution in [-0.4, -0.2) is 16.7 Å². The van der Waals surface area contributed by atoms with Crippen molar-refractivity contribution in [3.63, 3.8) is 0 Å². The third-order valence-electron chi connectivity index (χ3n) is 2.96. The molecule has 1 atom stereocenters. The maximum atomic E-state index is 8.93. The smallest absolute Gasteiger partial charge is 0.0437 e. The topological polar surface area (TPSA) is 36.0 Å². The van der Waals surface area contributed by atoms with Crippen LogP contribution in [-0.2, 0) is 0 Å². The van der Waals surface area contributed by atoms with E-state index in [2.05, 4.69) is 18.0 Å². The predicted octanol–water partition coefficient (Wildman–Crippen LogP) is 3.82. The zero-order valence-corrected chi connectivity index (χ0v) is 10.5. The van der Waals surface area contributed by atoms with E-state index < -0.39 is 0 Å². The zero-order valence-electron chi connectivity index (χ0n) is 9.78. The highest BCUT2D eigenvalue weighted by Crippen LogP contribution is 2.26. The Morgan fingerprint density at radius 2 is 2.12 bits per heavy atom. The van der Waals surface area contributed by atoms with Crippen molar-refractivity contribution in [1.82, 2.24) is 4.98 Å². The molecule has 0 saturated carbocycles. The molecule has 1 aromatic heterocycles. The molecule has 0 radical (unpaired) electrons. The molecule has 0 aliphatic rings. The van der Waals surface area contributed by atoms with E-state index in [1.807, 2.05) is 30.5 Å². The lowest BCUT2D eigenvalue weighted by Crippen LogP contribution is -1.96. The molecule has 2 nitrogen and oxygen atoms in total. The summed E-state index contributed by atoms with van der Waals surface area (Å²) in [5.41, 5.74) is 3.39. The summed E-state index contributed by atoms with van der Waals surface area (Å²) in [6.45, 7) is 2.32. The average Bonchev–Trinajstić information content (AvgIpc) is 2.78. The molecule has 0 saturated heterocycles. The largest absolute Gasteiger partial charge is 0.396 e. The fourth-order valence-electron chi connectivity index (χ4n) is 1.88. The van der Waals surface area contributed by atoms with Gasteiger partial charge in [0, 0.05) is 23.5 Å². The number of halogens is 1. The fourth-order valence-corrected chi connectivity index (χ4v) is 2.07. The van der Waals surface area contributed by atoms with Crippen LogP contribution in [0.4, 0.5) is 0 Å². The highest BCUT2D eigenvalue weighted by molar-refractivity contribution is 6.30. The lowest BCUT2D eigenvalue weighted by atomic mass is 10.0. The van der Waals surface area contributed by atoms with E-state index in [-0.39, 0.29) is 6.61 Å². The van der Waals surface area contributed by atoms with Crippen molar-refractivity contribution in [1.29, 1.82) is 0 Å². The van der Waals surface area contributed by atoms with Gasteiger partial charge in [0.1, 0.15) is 0 Å². The number of nitrogens with one attached hydrogen (secondary N) is 1. The summed E-state index contributed by atoms with van der Waals surface area (Å²) in [6.07, 6.45) is 2.75. The van der Waals surface area contributed by atoms with Crippen LogP contribution in [0.15, 0.2) is 36.5 Å². The highest BCUT2D eigenvalue weighted by atomic mass is 35.5. The van der Waals surface area contributed by atoms with Crippen molar-refractivity contribution < 1.29 is 5.11 Å². The Morgan fingerprint density at radius 1 is 1.29 bits per heavy atom. The number of aromatic amines is 1. The van der Waals surface area contributed by atoms with Gasteiger partial charge in [-0.1, -0.05) is 30.7 Å². The molecule has 3 heteroatoms. The maximum Gasteiger partial charge on any atom is 0.0437 e. The zero-order chi connectivity index (χ0) is 12.3. The van der Waals surface area contributed by atoms with Crippen LogP contribution in [0.3, 0.4) is 0 Å². The van der Waals surface area contributed by atoms with E-state index >= 15 is 0 Å². The first-order valence-corrected chi connectivity index (χ1v) is 6.13. The molecule has 1 heterocycles. The third kappa shape index (κ3) is 2.90. The second-order valence-electron chi connectivity index (χ2n) is 4.27. The molecule has 0 aliphatic carbocycles. The van der Waals surface area contributed by atoms with Gasteiger partial charge in [0.25, 0.3) is 0 Å². The summed E-state index contributed by atoms with van der Waals surface area (Å²) in [4.78, 5) is 3.25. The van der Waals surface area contributed by atoms with Gasteiger partial charge in [-0.15, -0.1) is 0 Å². The SMILES string of the molecule is CC(CCO)c1cc(-c2cccc(Cl)c2)c[nH]1. The standard InChI is InChI=1S/C14H16ClNO/c1-10(5-6-17)14-8-12(9-16-14)11-3-2-4-13(15)7-11/h2-4,7-10,16-17H,5-6H2,1H3. The van der Waals surface area contributed by atoms with Gasteiger partial charge >= 0.3 is 0 Å². The Morgan fingerprint density at radius 3 is 2.82 bits per heavy atom. The van der Waals surface area contributed by atoms with Gasteiger partial charge < -0.3 is 10.1 Å². The van der Waals surface area contributed by atoms with Crippen LogP contribution in [0, 0.1) is 0 Å². The summed E-state index contributed by atoms with van der Waals surface area (Å²) < 4.78 is 0. The van der Waals surface area contributed by atoms with Crippen molar-refractivity contribution in [2.75, 3.05) is 6.61 Å². The molecule has 17 heavy (non-hydrogen) atoms. The molecule has 90 valence electrons. The minimum atomic E-state index is 0.215. The quantitative estimate of drug-likeness (QED) is 0.849. The summed E-state index contributed by atoms with van der Waals surface area (Å²) in [5.74, 6) is 0.341. The normalized spacial score (nSPS) is 12.6. The van der Waals surface area contributed by atoms with E-state index in [1.165, 1.54) is 0 Å². The molecule has 0 aliphatic heterocycles. The lowest BCUT2D eigenvalue weighted by Gasteiger charge is -2.06. The van der Waals surface area contributed by atoms with Gasteiger partial charge in [-0.25, -0.2) is 0 Å². The Hall–Kier alpha value is -1.25. The van der Waals surface area contributed by atoms with E-state index in [0.29, 0.717) is 5.92 Å². The van der Waals surface area contributed by atoms with Gasteiger partial charge in [-0.2, -0.15) is 0 Å². The van der Waals surface area contributed by atoms with Crippen LogP contribution in [0.2, 0.25) is 5.02 Å². The van der Waals surface area contributed by atoms with E-state index in [4.69, 9.17) is 16.7 Å². The molecule has 0 fully saturated rings. The number of rotatable bonds is 4. The van der Waals surface area contributed by atoms with Gasteiger partial charge in [0.2, 0.25) is 0 Å². The summed E-state index contributed by atoms with van der Waals surface area (Å²) in [6, 6.07) is 9.92. The number of aromatic nitrogens is 1. The van der Waals surface area contributed by atoms with Crippen LogP contribution in [0.25, 0.3) is 11.1 Å². The second kappa shape index (κ2) is 5.39. The number of H-pyrrole nitrogens is 1. The predicted molar refractivity (Wildman–Crippen MR) is 71.4 cm³/mol. The molecule has 1 unspecified atom stereocenters. The number of hydrogen-bond donors (Lipinski definition) is 2. The first-order chi connectivity index (χ1) is 8.20. The van der Waals surface area contributed by atoms with Crippen molar-refractivity contribution in [3.05, 3.63) is 47.2 Å². The molecular formula is C14H16ClNO. The van der Waals surface area contributed by atoms with Crippen LogP contribution in [0.5, 0.6) is 0 Å². The van der Waals surface area contributed by atoms with Crippen LogP contribution in [0.1, 0.15) is 25.0 Å². The van der Waals surface area contributed by atoms with Crippen molar-refractivity contribution in [2.45, 2.75) is 19.3 Å². The maximum absolute atomic E-state index is 8.93. The van der Waals surface area contributed by atoms with E-state index in [9.17, 15) is 0 Å². The summed E-state index contributed by atoms with van der Waals surface area (Å²) >= 11 is 5.97. The number of hydrogen-bond acceptors (Lipinski definition) is 1. The Balaban J connectivity index is 2.23. The van der Waals surface area contributed by atoms with E-state index in [0.717, 1.165) is 28.3 Å². The number of aliphatic hydroxyl groups excluding tert-OH is 1. The molecule has 0 amide bonds. The Labute approximate surface area is 106 Å². The average molecular weight is 250 g/mol. The Kier molecular flexibility index (Phi) is 3.87. The summed E-state index contributed by atoms with van der Waals surface area (Å²) in [7, 11) is 0. The molecular weight excluding hydrogens is 234 g/mol. The molecule has 2 N–H and O–H groups in total. The van der Waals surface area contributed by atoms with Gasteiger partial charge in [0.15, 0.2) is 0 Å². The van der Waals surface area contributed by atoms with Gasteiger partial charge in [-0.3, -0.25) is 0 Å². The molecule has 1 aromatic carbocycles. The lowest BCUT2D eigenvalue weighted by molar-refractivity contribution is 0.278. The number of benzene rings is 1. The third-order valence-corrected chi connectivity index (χ3v) is 3.19. The molecule has 0 bridgehead atoms. The Bertz CT molecular complexity index is 492. The summed E-state index contributed by atoms with van der Waals surface area (Å²) in [5, 5.41) is 9.67. The minimum absolute atomic E-state index is 0.215. The van der Waals surface area contributed by atoms with Crippen molar-refractivity contribution >= 4 is 11.6 Å². The second-order valence-corrected chi connectivity index (χ2v) is 4.70. The highest BCUT2D eigenvalue weighted by Gasteiger charge is 2.08. The molecule has 2 aromatic rings. The fraction of sp³-hybridized carbons (Fsp3) is 0.286. The first kappa shape index (κ1) is 12.2. The molecule has 0 spiro atoms. The molecule has 2 rings (SSSR count). The van der Waals surface area contributed by atoms with Gasteiger partial charge in [-0.05, 0) is 41.7 Å². The monoisotopic (exact) mass is 249 g/mol. The van der Waals surface area contributed by atoms with E-state index in [1.54, 1.807) is 0 Å². The van der Waals surface area contributed by atoms with Crippen LogP contribution >= 0.6 is 11.6 Å².